The Morgan fingerprint density at radius 2 is 1.72 bits per heavy atom. The molecule has 2 aliphatic rings. The van der Waals surface area contributed by atoms with Crippen LogP contribution in [0, 0.1) is 12.7 Å². The van der Waals surface area contributed by atoms with E-state index in [4.69, 9.17) is 16.6 Å². The first-order valence-electron chi connectivity index (χ1n) is 10.1. The Morgan fingerprint density at radius 3 is 2.41 bits per heavy atom. The minimum Gasteiger partial charge on any atom is -0.356 e. The molecular formula is C21H25ClFN5O. The highest BCUT2D eigenvalue weighted by Crippen LogP contribution is 2.24. The molecule has 0 unspecified atom stereocenters. The van der Waals surface area contributed by atoms with E-state index in [0.717, 1.165) is 24.6 Å². The van der Waals surface area contributed by atoms with E-state index in [1.165, 1.54) is 37.5 Å². The van der Waals surface area contributed by atoms with Gasteiger partial charge in [0, 0.05) is 51.0 Å². The summed E-state index contributed by atoms with van der Waals surface area (Å²) in [5.41, 5.74) is 0.883. The van der Waals surface area contributed by atoms with Crippen LogP contribution in [0.25, 0.3) is 0 Å². The predicted octanol–water partition coefficient (Wildman–Crippen LogP) is 3.53. The van der Waals surface area contributed by atoms with E-state index in [9.17, 15) is 9.18 Å². The zero-order valence-corrected chi connectivity index (χ0v) is 17.3. The van der Waals surface area contributed by atoms with Gasteiger partial charge < -0.3 is 14.7 Å². The maximum Gasteiger partial charge on any atom is 0.258 e. The van der Waals surface area contributed by atoms with Gasteiger partial charge in [0.1, 0.15) is 11.6 Å². The van der Waals surface area contributed by atoms with E-state index in [2.05, 4.69) is 14.8 Å². The molecule has 0 atom stereocenters. The number of nitrogens with zero attached hydrogens (tertiary/aromatic N) is 5. The fourth-order valence-electron chi connectivity index (χ4n) is 3.93. The van der Waals surface area contributed by atoms with Gasteiger partial charge in [0.05, 0.1) is 10.6 Å². The summed E-state index contributed by atoms with van der Waals surface area (Å²) < 4.78 is 14.1. The third kappa shape index (κ3) is 4.29. The van der Waals surface area contributed by atoms with Crippen molar-refractivity contribution in [1.29, 1.82) is 0 Å². The second kappa shape index (κ2) is 8.53. The second-order valence-corrected chi connectivity index (χ2v) is 8.00. The second-order valence-electron chi connectivity index (χ2n) is 7.59. The fraction of sp³-hybridized carbons (Fsp3) is 0.476. The smallest absolute Gasteiger partial charge is 0.258 e. The molecule has 0 bridgehead atoms. The Hall–Kier alpha value is -2.41. The number of benzene rings is 1. The van der Waals surface area contributed by atoms with Gasteiger partial charge in [-0.15, -0.1) is 0 Å². The largest absolute Gasteiger partial charge is 0.356 e. The van der Waals surface area contributed by atoms with Crippen LogP contribution in [0.15, 0.2) is 24.3 Å². The van der Waals surface area contributed by atoms with Crippen LogP contribution < -0.4 is 9.80 Å². The van der Waals surface area contributed by atoms with Crippen LogP contribution in [0.5, 0.6) is 0 Å². The van der Waals surface area contributed by atoms with Crippen LogP contribution in [0.1, 0.15) is 35.3 Å². The van der Waals surface area contributed by atoms with Crippen LogP contribution in [0.2, 0.25) is 5.02 Å². The number of hydrogen-bond acceptors (Lipinski definition) is 5. The van der Waals surface area contributed by atoms with Gasteiger partial charge in [-0.3, -0.25) is 4.79 Å². The first kappa shape index (κ1) is 19.9. The van der Waals surface area contributed by atoms with Crippen molar-refractivity contribution in [1.82, 2.24) is 14.9 Å². The highest BCUT2D eigenvalue weighted by molar-refractivity contribution is 6.33. The van der Waals surface area contributed by atoms with Gasteiger partial charge in [0.15, 0.2) is 0 Å². The molecule has 1 aromatic heterocycles. The van der Waals surface area contributed by atoms with Gasteiger partial charge in [-0.2, -0.15) is 4.98 Å². The Morgan fingerprint density at radius 1 is 1.00 bits per heavy atom. The molecule has 0 aliphatic carbocycles. The monoisotopic (exact) mass is 417 g/mol. The lowest BCUT2D eigenvalue weighted by molar-refractivity contribution is 0.0741. The molecule has 29 heavy (non-hydrogen) atoms. The van der Waals surface area contributed by atoms with E-state index in [1.807, 2.05) is 13.0 Å². The van der Waals surface area contributed by atoms with Crippen molar-refractivity contribution in [3.8, 4) is 0 Å². The van der Waals surface area contributed by atoms with Crippen molar-refractivity contribution in [2.75, 3.05) is 49.1 Å². The predicted molar refractivity (Wildman–Crippen MR) is 112 cm³/mol. The van der Waals surface area contributed by atoms with E-state index in [0.29, 0.717) is 32.1 Å². The van der Waals surface area contributed by atoms with E-state index >= 15 is 0 Å². The maximum atomic E-state index is 14.1. The molecule has 0 N–H and O–H groups in total. The van der Waals surface area contributed by atoms with Gasteiger partial charge in [0.2, 0.25) is 5.95 Å². The number of hydrogen-bond donors (Lipinski definition) is 0. The van der Waals surface area contributed by atoms with Crippen molar-refractivity contribution in [2.45, 2.75) is 26.2 Å². The standard InChI is InChI=1S/C21H25ClFN5O/c1-15-14-18(26-8-3-2-4-9-26)25-21(24-15)28-12-10-27(11-13-28)20(29)19-16(22)6-5-7-17(19)23/h5-7,14H,2-4,8-13H2,1H3. The molecule has 3 heterocycles. The summed E-state index contributed by atoms with van der Waals surface area (Å²) in [5, 5.41) is 0.144. The van der Waals surface area contributed by atoms with Gasteiger partial charge >= 0.3 is 0 Å². The lowest BCUT2D eigenvalue weighted by Gasteiger charge is -2.35. The van der Waals surface area contributed by atoms with E-state index in [-0.39, 0.29) is 16.5 Å². The molecule has 154 valence electrons. The van der Waals surface area contributed by atoms with Gasteiger partial charge in [0.25, 0.3) is 5.91 Å². The van der Waals surface area contributed by atoms with E-state index < -0.39 is 5.82 Å². The Balaban J connectivity index is 1.46. The number of carbonyl (C=O) groups excluding carboxylic acids is 1. The molecule has 1 amide bonds. The minimum atomic E-state index is -0.585. The fourth-order valence-corrected chi connectivity index (χ4v) is 4.18. The van der Waals surface area contributed by atoms with Gasteiger partial charge in [-0.1, -0.05) is 17.7 Å². The number of rotatable bonds is 3. The highest BCUT2D eigenvalue weighted by Gasteiger charge is 2.27. The molecule has 0 spiro atoms. The number of aromatic nitrogens is 2. The summed E-state index contributed by atoms with van der Waals surface area (Å²) in [4.78, 5) is 28.2. The number of halogens is 2. The number of carbonyl (C=O) groups is 1. The normalized spacial score (nSPS) is 17.6. The summed E-state index contributed by atoms with van der Waals surface area (Å²) in [6.07, 6.45) is 3.66. The molecule has 0 saturated carbocycles. The average molecular weight is 418 g/mol. The van der Waals surface area contributed by atoms with Gasteiger partial charge in [-0.05, 0) is 38.3 Å². The van der Waals surface area contributed by atoms with Crippen molar-refractivity contribution in [3.63, 3.8) is 0 Å². The maximum absolute atomic E-state index is 14.1. The summed E-state index contributed by atoms with van der Waals surface area (Å²) in [5.74, 6) is 0.718. The van der Waals surface area contributed by atoms with Gasteiger partial charge in [-0.25, -0.2) is 9.37 Å². The molecule has 2 aromatic rings. The Labute approximate surface area is 175 Å². The Bertz CT molecular complexity index is 874. The number of aryl methyl sites for hydroxylation is 1. The third-order valence-electron chi connectivity index (χ3n) is 5.54. The van der Waals surface area contributed by atoms with Crippen LogP contribution in [-0.2, 0) is 0 Å². The topological polar surface area (TPSA) is 52.6 Å². The summed E-state index contributed by atoms with van der Waals surface area (Å²) in [7, 11) is 0. The quantitative estimate of drug-likeness (QED) is 0.764. The molecule has 1 aromatic carbocycles. The van der Waals surface area contributed by atoms with Crippen LogP contribution in [-0.4, -0.2) is 60.0 Å². The molecular weight excluding hydrogens is 393 g/mol. The lowest BCUT2D eigenvalue weighted by Crippen LogP contribution is -2.49. The molecule has 4 rings (SSSR count). The Kier molecular flexibility index (Phi) is 5.85. The van der Waals surface area contributed by atoms with Crippen LogP contribution >= 0.6 is 11.6 Å². The lowest BCUT2D eigenvalue weighted by atomic mass is 10.1. The number of anilines is 2. The first-order chi connectivity index (χ1) is 14.0. The molecule has 8 heteroatoms. The number of amides is 1. The minimum absolute atomic E-state index is 0.0539. The molecule has 2 saturated heterocycles. The van der Waals surface area contributed by atoms with Crippen LogP contribution in [0.3, 0.4) is 0 Å². The van der Waals surface area contributed by atoms with E-state index in [1.54, 1.807) is 4.90 Å². The summed E-state index contributed by atoms with van der Waals surface area (Å²) in [6.45, 7) is 6.18. The SMILES string of the molecule is Cc1cc(N2CCCCC2)nc(N2CCN(C(=O)c3c(F)cccc3Cl)CC2)n1. The number of piperazine rings is 1. The highest BCUT2D eigenvalue weighted by atomic mass is 35.5. The molecule has 0 radical (unpaired) electrons. The zero-order valence-electron chi connectivity index (χ0n) is 16.6. The molecule has 2 fully saturated rings. The van der Waals surface area contributed by atoms with Crippen molar-refractivity contribution in [3.05, 3.63) is 46.4 Å². The zero-order chi connectivity index (χ0) is 20.4. The average Bonchev–Trinajstić information content (AvgIpc) is 2.74. The van der Waals surface area contributed by atoms with Crippen LogP contribution in [0.4, 0.5) is 16.2 Å². The first-order valence-corrected chi connectivity index (χ1v) is 10.5. The molecule has 2 aliphatic heterocycles. The molecule has 6 nitrogen and oxygen atoms in total. The summed E-state index contributed by atoms with van der Waals surface area (Å²) in [6, 6.07) is 6.34. The summed E-state index contributed by atoms with van der Waals surface area (Å²) >= 11 is 6.05. The van der Waals surface area contributed by atoms with Crippen molar-refractivity contribution >= 4 is 29.3 Å². The number of piperidine rings is 1. The third-order valence-corrected chi connectivity index (χ3v) is 5.85. The van der Waals surface area contributed by atoms with Crippen molar-refractivity contribution in [2.24, 2.45) is 0 Å². The van der Waals surface area contributed by atoms with Crippen molar-refractivity contribution < 1.29 is 9.18 Å².